The molecule has 1 heterocycles. The summed E-state index contributed by atoms with van der Waals surface area (Å²) < 4.78 is 32.1. The molecule has 0 fully saturated rings. The Morgan fingerprint density at radius 2 is 1.35 bits per heavy atom. The van der Waals surface area contributed by atoms with Gasteiger partial charge < -0.3 is 4.57 Å². The maximum absolute atomic E-state index is 12.4. The minimum atomic E-state index is -3.75. The molecule has 0 aliphatic heterocycles. The van der Waals surface area contributed by atoms with Gasteiger partial charge in [-0.15, -0.1) is 0 Å². The van der Waals surface area contributed by atoms with E-state index in [4.69, 9.17) is 4.18 Å². The van der Waals surface area contributed by atoms with Crippen LogP contribution in [0.5, 0.6) is 0 Å². The molecule has 0 bridgehead atoms. The minimum absolute atomic E-state index is 0.0822. The van der Waals surface area contributed by atoms with Gasteiger partial charge in [0, 0.05) is 28.4 Å². The predicted molar refractivity (Wildman–Crippen MR) is 104 cm³/mol. The summed E-state index contributed by atoms with van der Waals surface area (Å²) in [5.41, 5.74) is 3.16. The van der Waals surface area contributed by atoms with Crippen LogP contribution in [-0.2, 0) is 20.8 Å². The second-order valence-electron chi connectivity index (χ2n) is 6.28. The van der Waals surface area contributed by atoms with Crippen LogP contribution in [-0.4, -0.2) is 19.6 Å². The van der Waals surface area contributed by atoms with E-state index >= 15 is 0 Å². The molecule has 4 aromatic rings. The van der Waals surface area contributed by atoms with E-state index in [1.54, 1.807) is 24.3 Å². The highest BCUT2D eigenvalue weighted by Crippen LogP contribution is 2.28. The Morgan fingerprint density at radius 3 is 1.92 bits per heavy atom. The molecular formula is C21H19NO3S. The molecule has 4 nitrogen and oxygen atoms in total. The summed E-state index contributed by atoms with van der Waals surface area (Å²) in [6, 6.07) is 22.9. The van der Waals surface area contributed by atoms with E-state index in [2.05, 4.69) is 16.7 Å². The van der Waals surface area contributed by atoms with Crippen molar-refractivity contribution in [1.82, 2.24) is 4.57 Å². The van der Waals surface area contributed by atoms with Crippen molar-refractivity contribution in [3.63, 3.8) is 0 Å². The van der Waals surface area contributed by atoms with Crippen LogP contribution in [0.25, 0.3) is 21.8 Å². The zero-order valence-electron chi connectivity index (χ0n) is 14.4. The van der Waals surface area contributed by atoms with Crippen LogP contribution in [0.3, 0.4) is 0 Å². The number of benzene rings is 3. The second-order valence-corrected chi connectivity index (χ2v) is 7.89. The van der Waals surface area contributed by atoms with E-state index in [-0.39, 0.29) is 11.5 Å². The van der Waals surface area contributed by atoms with Crippen molar-refractivity contribution in [2.45, 2.75) is 18.4 Å². The molecule has 0 aliphatic rings. The number of hydrogen-bond acceptors (Lipinski definition) is 3. The molecule has 132 valence electrons. The van der Waals surface area contributed by atoms with Gasteiger partial charge in [0.1, 0.15) is 0 Å². The number of aryl methyl sites for hydroxylation is 1. The normalized spacial score (nSPS) is 12.0. The minimum Gasteiger partial charge on any atom is -0.338 e. The van der Waals surface area contributed by atoms with Gasteiger partial charge in [-0.25, -0.2) is 0 Å². The van der Waals surface area contributed by atoms with Gasteiger partial charge in [0.2, 0.25) is 0 Å². The molecule has 0 aliphatic carbocycles. The SMILES string of the molecule is Cc1ccc(S(=O)(=O)OCCn2c3ccccc3c3ccccc32)cc1. The largest absolute Gasteiger partial charge is 0.338 e. The van der Waals surface area contributed by atoms with Crippen LogP contribution < -0.4 is 0 Å². The summed E-state index contributed by atoms with van der Waals surface area (Å²) in [6.07, 6.45) is 0. The van der Waals surface area contributed by atoms with E-state index in [1.807, 2.05) is 43.3 Å². The molecule has 1 aromatic heterocycles. The summed E-state index contributed by atoms with van der Waals surface area (Å²) in [4.78, 5) is 0.185. The third kappa shape index (κ3) is 3.00. The lowest BCUT2D eigenvalue weighted by molar-refractivity contribution is 0.304. The number of fused-ring (bicyclic) bond motifs is 3. The molecule has 0 N–H and O–H groups in total. The second kappa shape index (κ2) is 6.59. The van der Waals surface area contributed by atoms with Gasteiger partial charge in [-0.05, 0) is 31.2 Å². The fourth-order valence-electron chi connectivity index (χ4n) is 3.26. The molecule has 0 saturated heterocycles. The Kier molecular flexibility index (Phi) is 4.26. The molecular weight excluding hydrogens is 346 g/mol. The third-order valence-electron chi connectivity index (χ3n) is 4.54. The topological polar surface area (TPSA) is 48.3 Å². The number of rotatable bonds is 5. The molecule has 0 amide bonds. The predicted octanol–water partition coefficient (Wildman–Crippen LogP) is 4.51. The molecule has 0 unspecified atom stereocenters. The lowest BCUT2D eigenvalue weighted by atomic mass is 10.2. The molecule has 0 spiro atoms. The van der Waals surface area contributed by atoms with Gasteiger partial charge in [0.15, 0.2) is 0 Å². The number of nitrogens with zero attached hydrogens (tertiary/aromatic N) is 1. The molecule has 3 aromatic carbocycles. The lowest BCUT2D eigenvalue weighted by Crippen LogP contribution is -2.12. The van der Waals surface area contributed by atoms with Gasteiger partial charge in [-0.3, -0.25) is 4.18 Å². The zero-order chi connectivity index (χ0) is 18.1. The van der Waals surface area contributed by atoms with E-state index in [0.29, 0.717) is 6.54 Å². The maximum atomic E-state index is 12.4. The third-order valence-corrected chi connectivity index (χ3v) is 5.87. The van der Waals surface area contributed by atoms with E-state index < -0.39 is 10.1 Å². The smallest absolute Gasteiger partial charge is 0.297 e. The van der Waals surface area contributed by atoms with Crippen molar-refractivity contribution in [1.29, 1.82) is 0 Å². The monoisotopic (exact) mass is 365 g/mol. The van der Waals surface area contributed by atoms with E-state index in [9.17, 15) is 8.42 Å². The Bertz CT molecular complexity index is 1120. The number of hydrogen-bond donors (Lipinski definition) is 0. The molecule has 0 saturated carbocycles. The highest BCUT2D eigenvalue weighted by molar-refractivity contribution is 7.86. The summed E-state index contributed by atoms with van der Waals surface area (Å²) in [5.74, 6) is 0. The Balaban J connectivity index is 1.61. The van der Waals surface area contributed by atoms with Crippen LogP contribution in [0.1, 0.15) is 5.56 Å². The quantitative estimate of drug-likeness (QED) is 0.489. The first-order chi connectivity index (χ1) is 12.6. The van der Waals surface area contributed by atoms with Crippen LogP contribution in [0.4, 0.5) is 0 Å². The number of para-hydroxylation sites is 2. The first kappa shape index (κ1) is 16.8. The van der Waals surface area contributed by atoms with Crippen molar-refractivity contribution in [3.05, 3.63) is 78.4 Å². The van der Waals surface area contributed by atoms with Gasteiger partial charge in [-0.1, -0.05) is 54.1 Å². The first-order valence-electron chi connectivity index (χ1n) is 8.48. The standard InChI is InChI=1S/C21H19NO3S/c1-16-10-12-17(13-11-16)26(23,24)25-15-14-22-20-8-4-2-6-18(20)19-7-3-5-9-21(19)22/h2-13H,14-15H2,1H3. The van der Waals surface area contributed by atoms with Gasteiger partial charge in [0.25, 0.3) is 10.1 Å². The van der Waals surface area contributed by atoms with Gasteiger partial charge in [0.05, 0.1) is 11.5 Å². The van der Waals surface area contributed by atoms with Crippen molar-refractivity contribution >= 4 is 31.9 Å². The van der Waals surface area contributed by atoms with Crippen molar-refractivity contribution in [2.24, 2.45) is 0 Å². The molecule has 5 heteroatoms. The zero-order valence-corrected chi connectivity index (χ0v) is 15.2. The maximum Gasteiger partial charge on any atom is 0.297 e. The molecule has 26 heavy (non-hydrogen) atoms. The summed E-state index contributed by atoms with van der Waals surface area (Å²) in [5, 5.41) is 2.31. The average Bonchev–Trinajstić information content (AvgIpc) is 2.97. The van der Waals surface area contributed by atoms with Crippen LogP contribution in [0, 0.1) is 6.92 Å². The van der Waals surface area contributed by atoms with Crippen LogP contribution in [0.2, 0.25) is 0 Å². The molecule has 4 rings (SSSR count). The van der Waals surface area contributed by atoms with E-state index in [0.717, 1.165) is 27.4 Å². The Hall–Kier alpha value is -2.63. The highest BCUT2D eigenvalue weighted by atomic mass is 32.2. The fourth-order valence-corrected chi connectivity index (χ4v) is 4.15. The van der Waals surface area contributed by atoms with Crippen LogP contribution in [0.15, 0.2) is 77.7 Å². The van der Waals surface area contributed by atoms with Crippen molar-refractivity contribution in [3.8, 4) is 0 Å². The van der Waals surface area contributed by atoms with Gasteiger partial charge >= 0.3 is 0 Å². The number of aromatic nitrogens is 1. The van der Waals surface area contributed by atoms with Crippen molar-refractivity contribution < 1.29 is 12.6 Å². The summed E-state index contributed by atoms with van der Waals surface area (Å²) in [6.45, 7) is 2.46. The summed E-state index contributed by atoms with van der Waals surface area (Å²) >= 11 is 0. The Labute approximate surface area is 152 Å². The summed E-state index contributed by atoms with van der Waals surface area (Å²) in [7, 11) is -3.75. The van der Waals surface area contributed by atoms with Crippen molar-refractivity contribution in [2.75, 3.05) is 6.61 Å². The Morgan fingerprint density at radius 1 is 0.808 bits per heavy atom. The van der Waals surface area contributed by atoms with E-state index in [1.165, 1.54) is 0 Å². The highest BCUT2D eigenvalue weighted by Gasteiger charge is 2.16. The lowest BCUT2D eigenvalue weighted by Gasteiger charge is -2.09. The average molecular weight is 365 g/mol. The molecule has 0 atom stereocenters. The fraction of sp³-hybridized carbons (Fsp3) is 0.143. The van der Waals surface area contributed by atoms with Gasteiger partial charge in [-0.2, -0.15) is 8.42 Å². The van der Waals surface area contributed by atoms with Crippen LogP contribution >= 0.6 is 0 Å². The first-order valence-corrected chi connectivity index (χ1v) is 9.89. The molecule has 0 radical (unpaired) electrons.